The Bertz CT molecular complexity index is 453. The van der Waals surface area contributed by atoms with Crippen molar-refractivity contribution in [2.75, 3.05) is 5.32 Å². The third-order valence-corrected chi connectivity index (χ3v) is 1.47. The third-order valence-electron chi connectivity index (χ3n) is 1.47. The van der Waals surface area contributed by atoms with E-state index in [0.29, 0.717) is 11.4 Å². The Kier molecular flexibility index (Phi) is 3.61. The molecule has 0 saturated heterocycles. The Morgan fingerprint density at radius 2 is 2.00 bits per heavy atom. The van der Waals surface area contributed by atoms with Crippen LogP contribution in [0.1, 0.15) is 0 Å². The van der Waals surface area contributed by atoms with Crippen molar-refractivity contribution < 1.29 is 9.58 Å². The van der Waals surface area contributed by atoms with Crippen LogP contribution in [0, 0.1) is 0 Å². The van der Waals surface area contributed by atoms with Gasteiger partial charge >= 0.3 is 12.1 Å². The van der Waals surface area contributed by atoms with E-state index in [9.17, 15) is 4.79 Å². The average Bonchev–Trinajstić information content (AvgIpc) is 2.22. The lowest BCUT2D eigenvalue weighted by Crippen LogP contribution is -2.12. The molecule has 0 atom stereocenters. The minimum atomic E-state index is -0.547. The molecule has 1 N–H and O–H groups in total. The zero-order valence-corrected chi connectivity index (χ0v) is 7.53. The molecular formula is C8H6N6O. The second kappa shape index (κ2) is 5.18. The zero-order chi connectivity index (χ0) is 11.1. The molecule has 0 fully saturated rings. The van der Waals surface area contributed by atoms with E-state index in [2.05, 4.69) is 20.1 Å². The minimum absolute atomic E-state index is 0.450. The summed E-state index contributed by atoms with van der Waals surface area (Å²) in [5.74, 6) is -0.547. The van der Waals surface area contributed by atoms with Gasteiger partial charge in [-0.05, 0) is 17.7 Å². The second-order valence-corrected chi connectivity index (χ2v) is 2.47. The fourth-order valence-electron chi connectivity index (χ4n) is 0.890. The molecule has 0 heterocycles. The van der Waals surface area contributed by atoms with Crippen LogP contribution in [-0.4, -0.2) is 16.9 Å². The van der Waals surface area contributed by atoms with E-state index >= 15 is 0 Å². The molecule has 0 unspecified atom stereocenters. The topological polar surface area (TPSA) is 114 Å². The van der Waals surface area contributed by atoms with Gasteiger partial charge in [0.2, 0.25) is 0 Å². The molecule has 0 aliphatic heterocycles. The van der Waals surface area contributed by atoms with E-state index in [1.54, 1.807) is 24.3 Å². The van der Waals surface area contributed by atoms with Gasteiger partial charge in [-0.1, -0.05) is 17.2 Å². The number of amides is 1. The lowest BCUT2D eigenvalue weighted by molar-refractivity contribution is -0.113. The van der Waals surface area contributed by atoms with Gasteiger partial charge in [0.05, 0.1) is 0 Å². The Morgan fingerprint density at radius 1 is 1.33 bits per heavy atom. The summed E-state index contributed by atoms with van der Waals surface area (Å²) in [5.41, 5.74) is 17.2. The van der Waals surface area contributed by atoms with Crippen LogP contribution in [0.3, 0.4) is 0 Å². The first kappa shape index (κ1) is 10.5. The van der Waals surface area contributed by atoms with Crippen molar-refractivity contribution in [3.63, 3.8) is 0 Å². The summed E-state index contributed by atoms with van der Waals surface area (Å²) in [6.07, 6.45) is 0.737. The molecule has 0 bridgehead atoms. The number of benzene rings is 1. The zero-order valence-electron chi connectivity index (χ0n) is 7.53. The number of rotatable bonds is 3. The predicted octanol–water partition coefficient (Wildman–Crippen LogP) is 1.87. The standard InChI is InChI=1S/C8H6N6O/c9-11-5-8(15)12-6-1-3-7(4-2-6)13-14-10/h1-5H,(H,12,15). The normalized spacial score (nSPS) is 8.27. The molecule has 7 nitrogen and oxygen atoms in total. The molecule has 0 saturated carbocycles. The van der Waals surface area contributed by atoms with Crippen molar-refractivity contribution >= 4 is 23.5 Å². The Labute approximate surface area is 84.6 Å². The Balaban J connectivity index is 2.76. The van der Waals surface area contributed by atoms with Crippen molar-refractivity contribution in [2.45, 2.75) is 0 Å². The summed E-state index contributed by atoms with van der Waals surface area (Å²) in [6.45, 7) is 0. The maximum Gasteiger partial charge on any atom is 0.344 e. The van der Waals surface area contributed by atoms with Crippen LogP contribution in [0.5, 0.6) is 0 Å². The molecule has 1 aromatic carbocycles. The number of carbonyl (C=O) groups excluding carboxylic acids is 1. The van der Waals surface area contributed by atoms with Gasteiger partial charge in [-0.3, -0.25) is 4.79 Å². The molecule has 0 spiro atoms. The van der Waals surface area contributed by atoms with Crippen molar-refractivity contribution in [1.29, 1.82) is 0 Å². The highest BCUT2D eigenvalue weighted by Crippen LogP contribution is 2.15. The van der Waals surface area contributed by atoms with Crippen LogP contribution in [0.2, 0.25) is 0 Å². The van der Waals surface area contributed by atoms with Gasteiger partial charge in [0.15, 0.2) is 0 Å². The van der Waals surface area contributed by atoms with Crippen LogP contribution >= 0.6 is 0 Å². The molecule has 15 heavy (non-hydrogen) atoms. The molecule has 74 valence electrons. The Hall–Kier alpha value is -2.62. The van der Waals surface area contributed by atoms with Gasteiger partial charge < -0.3 is 10.8 Å². The summed E-state index contributed by atoms with van der Waals surface area (Å²) in [4.78, 5) is 16.1. The van der Waals surface area contributed by atoms with E-state index in [4.69, 9.17) is 11.1 Å². The number of carbonyl (C=O) groups is 1. The van der Waals surface area contributed by atoms with E-state index in [1.807, 2.05) is 0 Å². The molecule has 0 aromatic heterocycles. The van der Waals surface area contributed by atoms with Crippen LogP contribution in [0.4, 0.5) is 11.4 Å². The fourth-order valence-corrected chi connectivity index (χ4v) is 0.890. The van der Waals surface area contributed by atoms with Gasteiger partial charge in [0, 0.05) is 16.3 Å². The molecule has 7 heteroatoms. The number of hydrogen-bond acceptors (Lipinski definition) is 2. The lowest BCUT2D eigenvalue weighted by Gasteiger charge is -1.99. The summed E-state index contributed by atoms with van der Waals surface area (Å²) in [6, 6.07) is 6.22. The number of hydrogen-bond donors (Lipinski definition) is 1. The SMILES string of the molecule is [N-]=[N+]=CC(=O)Nc1ccc(N=[N+]=[N-])cc1. The van der Waals surface area contributed by atoms with Gasteiger partial charge in [-0.25, -0.2) is 0 Å². The van der Waals surface area contributed by atoms with Crippen LogP contribution < -0.4 is 5.32 Å². The number of azide groups is 1. The number of nitrogens with one attached hydrogen (secondary N) is 1. The van der Waals surface area contributed by atoms with Crippen molar-refractivity contribution in [1.82, 2.24) is 0 Å². The van der Waals surface area contributed by atoms with Crippen molar-refractivity contribution in [3.8, 4) is 0 Å². The molecule has 0 aliphatic rings. The van der Waals surface area contributed by atoms with Crippen LogP contribution in [0.15, 0.2) is 29.4 Å². The predicted molar refractivity (Wildman–Crippen MR) is 53.6 cm³/mol. The summed E-state index contributed by atoms with van der Waals surface area (Å²) >= 11 is 0. The summed E-state index contributed by atoms with van der Waals surface area (Å²) in [7, 11) is 0. The number of anilines is 1. The maximum absolute atomic E-state index is 10.9. The van der Waals surface area contributed by atoms with E-state index < -0.39 is 5.91 Å². The summed E-state index contributed by atoms with van der Waals surface area (Å²) < 4.78 is 0. The highest BCUT2D eigenvalue weighted by molar-refractivity contribution is 6.29. The fraction of sp³-hybridized carbons (Fsp3) is 0. The molecule has 1 amide bonds. The average molecular weight is 202 g/mol. The van der Waals surface area contributed by atoms with Gasteiger partial charge in [-0.15, -0.1) is 0 Å². The monoisotopic (exact) mass is 202 g/mol. The number of nitrogens with zero attached hydrogens (tertiary/aromatic N) is 5. The highest BCUT2D eigenvalue weighted by Gasteiger charge is 2.01. The van der Waals surface area contributed by atoms with E-state index in [1.165, 1.54) is 0 Å². The largest absolute Gasteiger partial charge is 0.361 e. The molecular weight excluding hydrogens is 196 g/mol. The van der Waals surface area contributed by atoms with Gasteiger partial charge in [-0.2, -0.15) is 4.79 Å². The van der Waals surface area contributed by atoms with Crippen LogP contribution in [0.25, 0.3) is 16.0 Å². The first-order valence-corrected chi connectivity index (χ1v) is 3.90. The first-order chi connectivity index (χ1) is 7.26. The summed E-state index contributed by atoms with van der Waals surface area (Å²) in [5, 5.41) is 5.79. The lowest BCUT2D eigenvalue weighted by atomic mass is 10.3. The van der Waals surface area contributed by atoms with Crippen molar-refractivity contribution in [3.05, 3.63) is 40.2 Å². The third kappa shape index (κ3) is 3.31. The van der Waals surface area contributed by atoms with E-state index in [-0.39, 0.29) is 0 Å². The quantitative estimate of drug-likeness (QED) is 0.342. The maximum atomic E-state index is 10.9. The van der Waals surface area contributed by atoms with Crippen molar-refractivity contribution in [2.24, 2.45) is 5.11 Å². The molecule has 1 aromatic rings. The minimum Gasteiger partial charge on any atom is -0.361 e. The van der Waals surface area contributed by atoms with Gasteiger partial charge in [0.1, 0.15) is 0 Å². The van der Waals surface area contributed by atoms with E-state index in [0.717, 1.165) is 6.21 Å². The first-order valence-electron chi connectivity index (χ1n) is 3.90. The van der Waals surface area contributed by atoms with Gasteiger partial charge in [0.25, 0.3) is 0 Å². The smallest absolute Gasteiger partial charge is 0.344 e. The highest BCUT2D eigenvalue weighted by atomic mass is 16.1. The van der Waals surface area contributed by atoms with Crippen LogP contribution in [-0.2, 0) is 4.79 Å². The Morgan fingerprint density at radius 3 is 2.53 bits per heavy atom. The molecule has 0 aliphatic carbocycles. The molecule has 0 radical (unpaired) electrons. The molecule has 1 rings (SSSR count). The second-order valence-electron chi connectivity index (χ2n) is 2.47.